The molecule has 0 radical (unpaired) electrons. The van der Waals surface area contributed by atoms with Crippen molar-refractivity contribution in [1.29, 1.82) is 0 Å². The number of rotatable bonds is 5. The van der Waals surface area contributed by atoms with Crippen molar-refractivity contribution in [3.05, 3.63) is 54.5 Å². The van der Waals surface area contributed by atoms with Gasteiger partial charge < -0.3 is 19.9 Å². The number of carbonyl (C=O) groups excluding carboxylic acids is 1. The van der Waals surface area contributed by atoms with Crippen LogP contribution in [0.1, 0.15) is 23.3 Å². The lowest BCUT2D eigenvalue weighted by Gasteiger charge is -2.34. The molecule has 2 aromatic heterocycles. The Morgan fingerprint density at radius 1 is 1.09 bits per heavy atom. The smallest absolute Gasteiger partial charge is 0.274 e. The van der Waals surface area contributed by atoms with E-state index >= 15 is 0 Å². The first-order valence-electron chi connectivity index (χ1n) is 11.3. The highest BCUT2D eigenvalue weighted by Crippen LogP contribution is 2.34. The highest BCUT2D eigenvalue weighted by atomic mass is 19.1. The Balaban J connectivity index is 1.41. The van der Waals surface area contributed by atoms with Crippen LogP contribution in [0.2, 0.25) is 0 Å². The quantitative estimate of drug-likeness (QED) is 0.619. The maximum absolute atomic E-state index is 13.8. The van der Waals surface area contributed by atoms with E-state index in [9.17, 15) is 9.18 Å². The molecule has 2 fully saturated rings. The zero-order valence-corrected chi connectivity index (χ0v) is 18.3. The number of morpholine rings is 1. The second-order valence-electron chi connectivity index (χ2n) is 8.31. The van der Waals surface area contributed by atoms with Gasteiger partial charge in [-0.2, -0.15) is 5.10 Å². The van der Waals surface area contributed by atoms with Gasteiger partial charge in [0.1, 0.15) is 11.9 Å². The predicted molar refractivity (Wildman–Crippen MR) is 126 cm³/mol. The molecule has 9 heteroatoms. The molecule has 0 bridgehead atoms. The highest BCUT2D eigenvalue weighted by Gasteiger charge is 2.23. The van der Waals surface area contributed by atoms with Crippen LogP contribution in [0, 0.1) is 0 Å². The van der Waals surface area contributed by atoms with Gasteiger partial charge in [-0.3, -0.25) is 9.89 Å². The fourth-order valence-corrected chi connectivity index (χ4v) is 4.29. The molecule has 0 spiro atoms. The summed E-state index contributed by atoms with van der Waals surface area (Å²) in [6.07, 6.45) is 3.62. The molecule has 2 aliphatic heterocycles. The summed E-state index contributed by atoms with van der Waals surface area (Å²) in [5.74, 6) is -0.291. The van der Waals surface area contributed by atoms with Gasteiger partial charge in [-0.25, -0.2) is 9.37 Å². The molecule has 33 heavy (non-hydrogen) atoms. The van der Waals surface area contributed by atoms with Crippen LogP contribution < -0.4 is 15.1 Å². The Labute approximate surface area is 191 Å². The van der Waals surface area contributed by atoms with Gasteiger partial charge in [0.2, 0.25) is 0 Å². The van der Waals surface area contributed by atoms with Crippen LogP contribution in [0.3, 0.4) is 0 Å². The summed E-state index contributed by atoms with van der Waals surface area (Å²) >= 11 is 0. The minimum absolute atomic E-state index is 0.291. The molecule has 1 amide bonds. The van der Waals surface area contributed by atoms with Gasteiger partial charge in [-0.05, 0) is 43.2 Å². The lowest BCUT2D eigenvalue weighted by Crippen LogP contribution is -2.37. The van der Waals surface area contributed by atoms with Crippen LogP contribution in [0.5, 0.6) is 0 Å². The van der Waals surface area contributed by atoms with Gasteiger partial charge in [0, 0.05) is 43.6 Å². The predicted octanol–water partition coefficient (Wildman–Crippen LogP) is 3.50. The number of hydrogen-bond donors (Lipinski definition) is 2. The lowest BCUT2D eigenvalue weighted by molar-refractivity contribution is 0.102. The number of hydrogen-bond acceptors (Lipinski definition) is 6. The van der Waals surface area contributed by atoms with Gasteiger partial charge in [0.15, 0.2) is 0 Å². The number of ether oxygens (including phenoxy) is 1. The molecule has 5 rings (SSSR count). The SMILES string of the molecule is O=C(Nc1ccc(N2CCOCC2)cc1N1CCC(F)CC1)c1cccc(-c2cn[nH]c2)n1. The van der Waals surface area contributed by atoms with Gasteiger partial charge in [0.05, 0.1) is 36.5 Å². The van der Waals surface area contributed by atoms with E-state index in [0.29, 0.717) is 56.2 Å². The first-order valence-corrected chi connectivity index (χ1v) is 11.3. The average Bonchev–Trinajstić information content (AvgIpc) is 3.41. The fraction of sp³-hybridized carbons (Fsp3) is 0.375. The zero-order valence-electron chi connectivity index (χ0n) is 18.3. The Morgan fingerprint density at radius 3 is 2.67 bits per heavy atom. The number of carbonyl (C=O) groups is 1. The topological polar surface area (TPSA) is 86.4 Å². The second kappa shape index (κ2) is 9.58. The van der Waals surface area contributed by atoms with Crippen molar-refractivity contribution < 1.29 is 13.9 Å². The van der Waals surface area contributed by atoms with E-state index in [4.69, 9.17) is 4.74 Å². The highest BCUT2D eigenvalue weighted by molar-refractivity contribution is 6.05. The molecule has 0 saturated carbocycles. The number of halogens is 1. The summed E-state index contributed by atoms with van der Waals surface area (Å²) in [4.78, 5) is 22.0. The van der Waals surface area contributed by atoms with Gasteiger partial charge in [0.25, 0.3) is 5.91 Å². The molecular weight excluding hydrogens is 423 g/mol. The van der Waals surface area contributed by atoms with Crippen molar-refractivity contribution in [3.8, 4) is 11.3 Å². The average molecular weight is 451 g/mol. The van der Waals surface area contributed by atoms with E-state index < -0.39 is 6.17 Å². The number of aromatic nitrogens is 3. The summed E-state index contributed by atoms with van der Waals surface area (Å²) in [6, 6.07) is 11.4. The third-order valence-corrected chi connectivity index (χ3v) is 6.15. The fourth-order valence-electron chi connectivity index (χ4n) is 4.29. The number of aromatic amines is 1. The van der Waals surface area contributed by atoms with Crippen molar-refractivity contribution in [2.45, 2.75) is 19.0 Å². The van der Waals surface area contributed by atoms with E-state index in [2.05, 4.69) is 36.4 Å². The summed E-state index contributed by atoms with van der Waals surface area (Å²) in [6.45, 7) is 4.26. The van der Waals surface area contributed by atoms with Crippen LogP contribution in [0.15, 0.2) is 48.8 Å². The molecule has 172 valence electrons. The first-order chi connectivity index (χ1) is 16.2. The molecule has 3 aromatic rings. The minimum Gasteiger partial charge on any atom is -0.378 e. The number of amides is 1. The van der Waals surface area contributed by atoms with E-state index in [0.717, 1.165) is 30.0 Å². The monoisotopic (exact) mass is 450 g/mol. The molecule has 0 unspecified atom stereocenters. The zero-order chi connectivity index (χ0) is 22.6. The number of H-pyrrole nitrogens is 1. The third kappa shape index (κ3) is 4.83. The van der Waals surface area contributed by atoms with Crippen LogP contribution in [-0.2, 0) is 4.74 Å². The Morgan fingerprint density at radius 2 is 1.91 bits per heavy atom. The summed E-state index contributed by atoms with van der Waals surface area (Å²) in [7, 11) is 0. The number of anilines is 3. The second-order valence-corrected chi connectivity index (χ2v) is 8.31. The van der Waals surface area contributed by atoms with Crippen molar-refractivity contribution in [3.63, 3.8) is 0 Å². The van der Waals surface area contributed by atoms with Crippen LogP contribution in [0.4, 0.5) is 21.5 Å². The normalized spacial score (nSPS) is 17.2. The Kier molecular flexibility index (Phi) is 6.21. The molecule has 0 aliphatic carbocycles. The number of nitrogens with one attached hydrogen (secondary N) is 2. The van der Waals surface area contributed by atoms with Gasteiger partial charge in [-0.1, -0.05) is 6.07 Å². The molecule has 2 N–H and O–H groups in total. The first kappa shape index (κ1) is 21.4. The van der Waals surface area contributed by atoms with E-state index in [1.807, 2.05) is 18.2 Å². The van der Waals surface area contributed by atoms with Crippen molar-refractivity contribution in [2.75, 3.05) is 54.5 Å². The Hall–Kier alpha value is -3.46. The maximum atomic E-state index is 13.8. The molecule has 8 nitrogen and oxygen atoms in total. The van der Waals surface area contributed by atoms with Crippen LogP contribution >= 0.6 is 0 Å². The van der Waals surface area contributed by atoms with Crippen molar-refractivity contribution >= 4 is 23.0 Å². The lowest BCUT2D eigenvalue weighted by atomic mass is 10.1. The van der Waals surface area contributed by atoms with E-state index in [1.165, 1.54) is 0 Å². The standard InChI is InChI=1S/C24H27FN6O2/c25-18-6-8-31(9-7-18)23-14-19(30-10-12-33-13-11-30)4-5-21(23)29-24(32)22-3-1-2-20(28-22)17-15-26-27-16-17/h1-5,14-16,18H,6-13H2,(H,26,27)(H,29,32). The van der Waals surface area contributed by atoms with E-state index in [1.54, 1.807) is 24.5 Å². The van der Waals surface area contributed by atoms with Crippen molar-refractivity contribution in [2.24, 2.45) is 0 Å². The van der Waals surface area contributed by atoms with Crippen LogP contribution in [-0.4, -0.2) is 66.7 Å². The van der Waals surface area contributed by atoms with Gasteiger partial charge >= 0.3 is 0 Å². The molecule has 2 aliphatic rings. The number of nitrogens with zero attached hydrogens (tertiary/aromatic N) is 4. The van der Waals surface area contributed by atoms with E-state index in [-0.39, 0.29) is 5.91 Å². The number of alkyl halides is 1. The maximum Gasteiger partial charge on any atom is 0.274 e. The molecule has 1 aromatic carbocycles. The third-order valence-electron chi connectivity index (χ3n) is 6.15. The van der Waals surface area contributed by atoms with Crippen LogP contribution in [0.25, 0.3) is 11.3 Å². The Bertz CT molecular complexity index is 1090. The minimum atomic E-state index is -0.767. The molecular formula is C24H27FN6O2. The molecule has 0 atom stereocenters. The summed E-state index contributed by atoms with van der Waals surface area (Å²) in [5, 5.41) is 9.74. The molecule has 4 heterocycles. The van der Waals surface area contributed by atoms with Gasteiger partial charge in [-0.15, -0.1) is 0 Å². The summed E-state index contributed by atoms with van der Waals surface area (Å²) < 4.78 is 19.3. The number of piperidine rings is 1. The number of pyridine rings is 1. The van der Waals surface area contributed by atoms with Crippen molar-refractivity contribution in [1.82, 2.24) is 15.2 Å². The number of benzene rings is 1. The summed E-state index contributed by atoms with van der Waals surface area (Å²) in [5.41, 5.74) is 4.49. The largest absolute Gasteiger partial charge is 0.378 e. The molecule has 2 saturated heterocycles.